The molecule has 1 saturated heterocycles. The van der Waals surface area contributed by atoms with E-state index in [-0.39, 0.29) is 18.9 Å². The molecule has 0 aromatic heterocycles. The molecule has 0 aliphatic carbocycles. The van der Waals surface area contributed by atoms with Gasteiger partial charge in [0.25, 0.3) is 5.91 Å². The molecule has 0 saturated carbocycles. The van der Waals surface area contributed by atoms with Crippen LogP contribution in [-0.2, 0) is 19.1 Å². The number of nitrogens with one attached hydrogen (secondary N) is 1. The molecule has 1 atom stereocenters. The summed E-state index contributed by atoms with van der Waals surface area (Å²) in [5.74, 6) is -1.71. The van der Waals surface area contributed by atoms with Crippen molar-refractivity contribution < 1.29 is 19.1 Å². The monoisotopic (exact) mass is 386 g/mol. The molecule has 0 unspecified atom stereocenters. The van der Waals surface area contributed by atoms with Crippen LogP contribution < -0.4 is 10.2 Å². The van der Waals surface area contributed by atoms with Gasteiger partial charge in [0.2, 0.25) is 5.91 Å². The van der Waals surface area contributed by atoms with Crippen LogP contribution in [0.5, 0.6) is 0 Å². The van der Waals surface area contributed by atoms with Crippen LogP contribution in [0.25, 0.3) is 0 Å². The largest absolute Gasteiger partial charge is 0.455 e. The van der Waals surface area contributed by atoms with Crippen molar-refractivity contribution in [2.75, 3.05) is 23.4 Å². The van der Waals surface area contributed by atoms with Crippen molar-refractivity contribution in [2.45, 2.75) is 13.3 Å². The van der Waals surface area contributed by atoms with Gasteiger partial charge in [-0.05, 0) is 42.8 Å². The minimum atomic E-state index is -0.583. The second kappa shape index (κ2) is 8.22. The first-order chi connectivity index (χ1) is 12.9. The van der Waals surface area contributed by atoms with Gasteiger partial charge in [-0.25, -0.2) is 0 Å². The number of halogens is 1. The number of carbonyl (C=O) groups is 3. The number of hydrogen-bond donors (Lipinski definition) is 1. The molecule has 1 aliphatic rings. The Balaban J connectivity index is 1.53. The van der Waals surface area contributed by atoms with Crippen molar-refractivity contribution in [3.63, 3.8) is 0 Å². The fourth-order valence-electron chi connectivity index (χ4n) is 2.95. The summed E-state index contributed by atoms with van der Waals surface area (Å²) in [5, 5.41) is 3.17. The van der Waals surface area contributed by atoms with Gasteiger partial charge in [-0.1, -0.05) is 29.8 Å². The summed E-state index contributed by atoms with van der Waals surface area (Å²) in [6.45, 7) is 1.76. The topological polar surface area (TPSA) is 75.7 Å². The van der Waals surface area contributed by atoms with E-state index in [2.05, 4.69) is 5.32 Å². The van der Waals surface area contributed by atoms with Crippen LogP contribution in [-0.4, -0.2) is 30.9 Å². The zero-order valence-electron chi connectivity index (χ0n) is 14.8. The van der Waals surface area contributed by atoms with Crippen LogP contribution in [0.1, 0.15) is 12.0 Å². The number of para-hydroxylation sites is 1. The van der Waals surface area contributed by atoms with Crippen molar-refractivity contribution in [1.82, 2.24) is 0 Å². The lowest BCUT2D eigenvalue weighted by Crippen LogP contribution is -2.28. The molecule has 2 amide bonds. The molecule has 3 rings (SSSR count). The lowest BCUT2D eigenvalue weighted by molar-refractivity contribution is -0.151. The van der Waals surface area contributed by atoms with Crippen molar-refractivity contribution >= 4 is 40.8 Å². The number of rotatable bonds is 5. The number of ether oxygens (including phenoxy) is 1. The Labute approximate surface area is 162 Å². The molecule has 1 fully saturated rings. The molecule has 1 aliphatic heterocycles. The molecule has 0 spiro atoms. The van der Waals surface area contributed by atoms with Crippen molar-refractivity contribution in [3.05, 3.63) is 59.1 Å². The summed E-state index contributed by atoms with van der Waals surface area (Å²) < 4.78 is 5.09. The summed E-state index contributed by atoms with van der Waals surface area (Å²) in [5.41, 5.74) is 2.31. The molecule has 2 aromatic carbocycles. The van der Waals surface area contributed by atoms with Gasteiger partial charge in [0.1, 0.15) is 0 Å². The highest BCUT2D eigenvalue weighted by molar-refractivity contribution is 6.30. The van der Waals surface area contributed by atoms with Crippen molar-refractivity contribution in [3.8, 4) is 0 Å². The maximum Gasteiger partial charge on any atom is 0.311 e. The number of benzene rings is 2. The van der Waals surface area contributed by atoms with E-state index in [1.54, 1.807) is 29.2 Å². The first-order valence-corrected chi connectivity index (χ1v) is 8.90. The van der Waals surface area contributed by atoms with Crippen LogP contribution in [0.3, 0.4) is 0 Å². The fraction of sp³-hybridized carbons (Fsp3) is 0.250. The van der Waals surface area contributed by atoms with Crippen LogP contribution in [0.15, 0.2) is 48.5 Å². The predicted octanol–water partition coefficient (Wildman–Crippen LogP) is 3.18. The van der Waals surface area contributed by atoms with E-state index in [4.69, 9.17) is 16.3 Å². The number of amides is 2. The number of nitrogens with zero attached hydrogens (tertiary/aromatic N) is 1. The average Bonchev–Trinajstić information content (AvgIpc) is 3.04. The quantitative estimate of drug-likeness (QED) is 0.801. The summed E-state index contributed by atoms with van der Waals surface area (Å²) in [6.07, 6.45) is 0.0754. The highest BCUT2D eigenvalue weighted by atomic mass is 35.5. The van der Waals surface area contributed by atoms with Crippen LogP contribution >= 0.6 is 11.6 Å². The van der Waals surface area contributed by atoms with E-state index in [1.807, 2.05) is 31.2 Å². The zero-order chi connectivity index (χ0) is 19.4. The lowest BCUT2D eigenvalue weighted by atomic mass is 10.1. The number of carbonyl (C=O) groups excluding carboxylic acids is 3. The van der Waals surface area contributed by atoms with Gasteiger partial charge in [0, 0.05) is 29.4 Å². The Kier molecular flexibility index (Phi) is 5.76. The molecule has 27 heavy (non-hydrogen) atoms. The molecule has 7 heteroatoms. The highest BCUT2D eigenvalue weighted by Crippen LogP contribution is 2.28. The summed E-state index contributed by atoms with van der Waals surface area (Å²) in [7, 11) is 0. The number of anilines is 2. The third-order valence-electron chi connectivity index (χ3n) is 4.34. The minimum Gasteiger partial charge on any atom is -0.455 e. The minimum absolute atomic E-state index is 0.0754. The third-order valence-corrected chi connectivity index (χ3v) is 4.59. The maximum atomic E-state index is 12.3. The van der Waals surface area contributed by atoms with Crippen molar-refractivity contribution in [1.29, 1.82) is 0 Å². The lowest BCUT2D eigenvalue weighted by Gasteiger charge is -2.18. The summed E-state index contributed by atoms with van der Waals surface area (Å²) in [4.78, 5) is 38.0. The van der Waals surface area contributed by atoms with E-state index in [1.165, 1.54) is 0 Å². The summed E-state index contributed by atoms with van der Waals surface area (Å²) >= 11 is 5.79. The van der Waals surface area contributed by atoms with E-state index < -0.39 is 24.4 Å². The Morgan fingerprint density at radius 1 is 1.19 bits per heavy atom. The smallest absolute Gasteiger partial charge is 0.311 e. The first kappa shape index (κ1) is 18.9. The number of aryl methyl sites for hydroxylation is 1. The second-order valence-electron chi connectivity index (χ2n) is 6.35. The van der Waals surface area contributed by atoms with Crippen LogP contribution in [0, 0.1) is 12.8 Å². The van der Waals surface area contributed by atoms with Gasteiger partial charge in [-0.3, -0.25) is 14.4 Å². The first-order valence-electron chi connectivity index (χ1n) is 8.52. The van der Waals surface area contributed by atoms with Gasteiger partial charge < -0.3 is 15.0 Å². The van der Waals surface area contributed by atoms with Gasteiger partial charge in [0.05, 0.1) is 5.92 Å². The van der Waals surface area contributed by atoms with E-state index in [9.17, 15) is 14.4 Å². The average molecular weight is 387 g/mol. The SMILES string of the molecule is Cc1ccccc1N1C[C@H](C(=O)OCC(=O)Nc2ccc(Cl)cc2)CC1=O. The molecule has 0 radical (unpaired) electrons. The van der Waals surface area contributed by atoms with Crippen molar-refractivity contribution in [2.24, 2.45) is 5.92 Å². The molecule has 0 bridgehead atoms. The Morgan fingerprint density at radius 2 is 1.89 bits per heavy atom. The molecule has 2 aromatic rings. The standard InChI is InChI=1S/C20H19ClN2O4/c1-13-4-2-3-5-17(13)23-11-14(10-19(23)25)20(26)27-12-18(24)22-16-8-6-15(21)7-9-16/h2-9,14H,10-12H2,1H3,(H,22,24)/t14-/m1/s1. The van der Waals surface area contributed by atoms with Crippen LogP contribution in [0.4, 0.5) is 11.4 Å². The predicted molar refractivity (Wildman–Crippen MR) is 103 cm³/mol. The van der Waals surface area contributed by atoms with Gasteiger partial charge in [0.15, 0.2) is 6.61 Å². The van der Waals surface area contributed by atoms with Crippen LogP contribution in [0.2, 0.25) is 5.02 Å². The molecular formula is C20H19ClN2O4. The normalized spacial score (nSPS) is 16.3. The Hall–Kier alpha value is -2.86. The number of esters is 1. The molecule has 140 valence electrons. The van der Waals surface area contributed by atoms with E-state index in [0.717, 1.165) is 11.3 Å². The third kappa shape index (κ3) is 4.65. The maximum absolute atomic E-state index is 12.3. The Morgan fingerprint density at radius 3 is 2.59 bits per heavy atom. The molecule has 6 nitrogen and oxygen atoms in total. The molecular weight excluding hydrogens is 368 g/mol. The van der Waals surface area contributed by atoms with Gasteiger partial charge in [-0.2, -0.15) is 0 Å². The summed E-state index contributed by atoms with van der Waals surface area (Å²) in [6, 6.07) is 14.1. The van der Waals surface area contributed by atoms with E-state index in [0.29, 0.717) is 10.7 Å². The Bertz CT molecular complexity index is 867. The van der Waals surface area contributed by atoms with Gasteiger partial charge in [-0.15, -0.1) is 0 Å². The second-order valence-corrected chi connectivity index (χ2v) is 6.79. The van der Waals surface area contributed by atoms with E-state index >= 15 is 0 Å². The molecule has 1 N–H and O–H groups in total. The molecule has 1 heterocycles. The fourth-order valence-corrected chi connectivity index (χ4v) is 3.08. The zero-order valence-corrected chi connectivity index (χ0v) is 15.5. The van der Waals surface area contributed by atoms with Gasteiger partial charge >= 0.3 is 5.97 Å². The number of hydrogen-bond acceptors (Lipinski definition) is 4. The highest BCUT2D eigenvalue weighted by Gasteiger charge is 2.36.